The number of carbonyl (C=O) groups excluding carboxylic acids is 1. The largest absolute Gasteiger partial charge is 0.466 e. The number of ether oxygens (including phenoxy) is 1. The molecule has 0 amide bonds. The zero-order chi connectivity index (χ0) is 16.7. The van der Waals surface area contributed by atoms with Crippen LogP contribution in [0.25, 0.3) is 11.1 Å². The van der Waals surface area contributed by atoms with Crippen LogP contribution in [-0.4, -0.2) is 12.6 Å². The van der Waals surface area contributed by atoms with E-state index in [1.54, 1.807) is 0 Å². The van der Waals surface area contributed by atoms with Crippen LogP contribution in [0.3, 0.4) is 0 Å². The number of hydrogen-bond donors (Lipinski definition) is 0. The van der Waals surface area contributed by atoms with Crippen LogP contribution in [0.1, 0.15) is 24.5 Å². The number of carbonyl (C=O) groups is 1. The number of rotatable bonds is 7. The molecule has 0 aliphatic heterocycles. The van der Waals surface area contributed by atoms with Crippen molar-refractivity contribution in [1.82, 2.24) is 0 Å². The summed E-state index contributed by atoms with van der Waals surface area (Å²) in [6.45, 7) is 10.6. The Morgan fingerprint density at radius 2 is 1.35 bits per heavy atom. The Kier molecular flexibility index (Phi) is 5.93. The van der Waals surface area contributed by atoms with E-state index in [0.29, 0.717) is 6.61 Å². The van der Waals surface area contributed by atoms with Gasteiger partial charge < -0.3 is 4.74 Å². The maximum absolute atomic E-state index is 12.0. The molecule has 0 spiro atoms. The molecule has 0 fully saturated rings. The van der Waals surface area contributed by atoms with Gasteiger partial charge in [0.05, 0.1) is 13.0 Å². The van der Waals surface area contributed by atoms with Gasteiger partial charge in [0.25, 0.3) is 0 Å². The summed E-state index contributed by atoms with van der Waals surface area (Å²) in [4.78, 5) is 12.0. The molecule has 0 saturated carbocycles. The molecule has 0 radical (unpaired) electrons. The van der Waals surface area contributed by atoms with Gasteiger partial charge in [-0.15, -0.1) is 0 Å². The molecule has 23 heavy (non-hydrogen) atoms. The van der Waals surface area contributed by atoms with E-state index >= 15 is 0 Å². The molecule has 118 valence electrons. The normalized spacial score (nSPS) is 10.3. The Balaban J connectivity index is 2.30. The minimum atomic E-state index is -0.230. The van der Waals surface area contributed by atoms with E-state index in [0.717, 1.165) is 22.3 Å². The van der Waals surface area contributed by atoms with Crippen molar-refractivity contribution in [1.29, 1.82) is 0 Å². The molecule has 0 unspecified atom stereocenters. The van der Waals surface area contributed by atoms with E-state index < -0.39 is 0 Å². The molecule has 2 rings (SSSR count). The van der Waals surface area contributed by atoms with Crippen LogP contribution in [0, 0.1) is 5.92 Å². The molecule has 0 saturated heterocycles. The van der Waals surface area contributed by atoms with Gasteiger partial charge >= 0.3 is 5.97 Å². The van der Waals surface area contributed by atoms with E-state index in [-0.39, 0.29) is 18.3 Å². The van der Waals surface area contributed by atoms with Crippen LogP contribution >= 0.6 is 0 Å². The van der Waals surface area contributed by atoms with Crippen molar-refractivity contribution in [2.75, 3.05) is 6.61 Å². The fourth-order valence-corrected chi connectivity index (χ4v) is 2.55. The predicted molar refractivity (Wildman–Crippen MR) is 95.7 cm³/mol. The van der Waals surface area contributed by atoms with Crippen LogP contribution in [-0.2, 0) is 9.53 Å². The molecule has 0 aromatic heterocycles. The second kappa shape index (κ2) is 8.14. The lowest BCUT2D eigenvalue weighted by molar-refractivity contribution is -0.143. The van der Waals surface area contributed by atoms with Gasteiger partial charge in [0.2, 0.25) is 0 Å². The second-order valence-corrected chi connectivity index (χ2v) is 5.34. The molecule has 2 heteroatoms. The highest BCUT2D eigenvalue weighted by Crippen LogP contribution is 2.35. The highest BCUT2D eigenvalue weighted by Gasteiger charge is 2.22. The van der Waals surface area contributed by atoms with Gasteiger partial charge in [-0.05, 0) is 29.2 Å². The number of esters is 1. The lowest BCUT2D eigenvalue weighted by Gasteiger charge is -2.22. The summed E-state index contributed by atoms with van der Waals surface area (Å²) in [6, 6.07) is 19.8. The Labute approximate surface area is 138 Å². The van der Waals surface area contributed by atoms with Crippen LogP contribution in [0.5, 0.6) is 0 Å². The Hall–Kier alpha value is -2.61. The smallest absolute Gasteiger partial charge is 0.306 e. The molecule has 2 aromatic rings. The monoisotopic (exact) mass is 306 g/mol. The highest BCUT2D eigenvalue weighted by molar-refractivity contribution is 5.85. The first-order valence-electron chi connectivity index (χ1n) is 7.77. The van der Waals surface area contributed by atoms with Crippen LogP contribution in [0.15, 0.2) is 73.8 Å². The average molecular weight is 306 g/mol. The molecule has 0 aliphatic rings. The first-order valence-corrected chi connectivity index (χ1v) is 7.77. The van der Waals surface area contributed by atoms with Crippen molar-refractivity contribution in [2.24, 2.45) is 5.92 Å². The summed E-state index contributed by atoms with van der Waals surface area (Å²) in [5, 5.41) is 0. The van der Waals surface area contributed by atoms with Crippen LogP contribution < -0.4 is 0 Å². The lowest BCUT2D eigenvalue weighted by Crippen LogP contribution is -2.14. The summed E-state index contributed by atoms with van der Waals surface area (Å²) in [5.74, 6) is -0.412. The summed E-state index contributed by atoms with van der Waals surface area (Å²) < 4.78 is 5.12. The maximum Gasteiger partial charge on any atom is 0.306 e. The van der Waals surface area contributed by atoms with E-state index in [1.807, 2.05) is 67.6 Å². The van der Waals surface area contributed by atoms with Gasteiger partial charge in [0, 0.05) is 5.92 Å². The van der Waals surface area contributed by atoms with Crippen molar-refractivity contribution in [3.05, 3.63) is 84.9 Å². The number of benzene rings is 2. The molecule has 2 nitrogen and oxygen atoms in total. The molecule has 0 heterocycles. The first-order chi connectivity index (χ1) is 11.1. The molecule has 0 aliphatic carbocycles. The zero-order valence-corrected chi connectivity index (χ0v) is 13.5. The predicted octanol–water partition coefficient (Wildman–Crippen LogP) is 4.98. The van der Waals surface area contributed by atoms with Gasteiger partial charge in [-0.25, -0.2) is 0 Å². The Bertz CT molecular complexity index is 620. The number of hydrogen-bond acceptors (Lipinski definition) is 2. The standard InChI is InChI=1S/C21H22O2/c1-4-23-21(22)15-20(16(2)18-11-7-5-8-12-18)17(3)19-13-9-6-10-14-19/h5-14,20H,2-4,15H2,1H3. The number of allylic oxidation sites excluding steroid dienone is 2. The second-order valence-electron chi connectivity index (χ2n) is 5.34. The Morgan fingerprint density at radius 3 is 1.74 bits per heavy atom. The maximum atomic E-state index is 12.0. The summed E-state index contributed by atoms with van der Waals surface area (Å²) in [5.41, 5.74) is 3.79. The van der Waals surface area contributed by atoms with Gasteiger partial charge in [-0.2, -0.15) is 0 Å². The van der Waals surface area contributed by atoms with Gasteiger partial charge in [-0.1, -0.05) is 73.8 Å². The molecular formula is C21H22O2. The minimum Gasteiger partial charge on any atom is -0.466 e. The van der Waals surface area contributed by atoms with E-state index in [4.69, 9.17) is 4.74 Å². The molecule has 2 aromatic carbocycles. The van der Waals surface area contributed by atoms with Crippen molar-refractivity contribution in [3.63, 3.8) is 0 Å². The third kappa shape index (κ3) is 4.43. The SMILES string of the molecule is C=C(c1ccccc1)C(CC(=O)OCC)C(=C)c1ccccc1. The average Bonchev–Trinajstić information content (AvgIpc) is 2.60. The third-order valence-electron chi connectivity index (χ3n) is 3.81. The van der Waals surface area contributed by atoms with Crippen molar-refractivity contribution < 1.29 is 9.53 Å². The first kappa shape index (κ1) is 16.8. The quantitative estimate of drug-likeness (QED) is 0.674. The van der Waals surface area contributed by atoms with Crippen LogP contribution in [0.4, 0.5) is 0 Å². The molecule has 0 bridgehead atoms. The third-order valence-corrected chi connectivity index (χ3v) is 3.81. The summed E-state index contributed by atoms with van der Waals surface area (Å²) >= 11 is 0. The summed E-state index contributed by atoms with van der Waals surface area (Å²) in [7, 11) is 0. The summed E-state index contributed by atoms with van der Waals surface area (Å²) in [6.07, 6.45) is 0.245. The Morgan fingerprint density at radius 1 is 0.913 bits per heavy atom. The van der Waals surface area contributed by atoms with Crippen molar-refractivity contribution in [2.45, 2.75) is 13.3 Å². The molecular weight excluding hydrogens is 284 g/mol. The fraction of sp³-hybridized carbons (Fsp3) is 0.190. The van der Waals surface area contributed by atoms with Crippen LogP contribution in [0.2, 0.25) is 0 Å². The van der Waals surface area contributed by atoms with Gasteiger partial charge in [0.15, 0.2) is 0 Å². The lowest BCUT2D eigenvalue weighted by atomic mass is 9.83. The highest BCUT2D eigenvalue weighted by atomic mass is 16.5. The molecule has 0 atom stereocenters. The zero-order valence-electron chi connectivity index (χ0n) is 13.5. The minimum absolute atomic E-state index is 0.182. The fourth-order valence-electron chi connectivity index (χ4n) is 2.55. The van der Waals surface area contributed by atoms with Crippen molar-refractivity contribution in [3.8, 4) is 0 Å². The topological polar surface area (TPSA) is 26.3 Å². The van der Waals surface area contributed by atoms with Crippen molar-refractivity contribution >= 4 is 17.1 Å². The van der Waals surface area contributed by atoms with E-state index in [2.05, 4.69) is 13.2 Å². The van der Waals surface area contributed by atoms with E-state index in [1.165, 1.54) is 0 Å². The van der Waals surface area contributed by atoms with Gasteiger partial charge in [-0.3, -0.25) is 4.79 Å². The molecule has 0 N–H and O–H groups in total. The van der Waals surface area contributed by atoms with E-state index in [9.17, 15) is 4.79 Å². The van der Waals surface area contributed by atoms with Gasteiger partial charge in [0.1, 0.15) is 0 Å².